The van der Waals surface area contributed by atoms with Gasteiger partial charge in [0.1, 0.15) is 0 Å². The fourth-order valence-corrected chi connectivity index (χ4v) is 2.04. The Morgan fingerprint density at radius 3 is 2.69 bits per heavy atom. The average molecular weight is 217 g/mol. The maximum atomic E-state index is 4.08. The van der Waals surface area contributed by atoms with Gasteiger partial charge in [-0.15, -0.1) is 0 Å². The Labute approximate surface area is 99.8 Å². The summed E-state index contributed by atoms with van der Waals surface area (Å²) in [6.07, 6.45) is 8.63. The monoisotopic (exact) mass is 217 g/mol. The van der Waals surface area contributed by atoms with E-state index in [9.17, 15) is 0 Å². The van der Waals surface area contributed by atoms with Crippen LogP contribution in [0.25, 0.3) is 0 Å². The van der Waals surface area contributed by atoms with Crippen molar-refractivity contribution >= 4 is 0 Å². The number of nitrogens with zero attached hydrogens (tertiary/aromatic N) is 1. The first-order valence-corrected chi connectivity index (χ1v) is 6.15. The highest BCUT2D eigenvalue weighted by Crippen LogP contribution is 2.25. The van der Waals surface area contributed by atoms with E-state index < -0.39 is 0 Å². The van der Waals surface area contributed by atoms with Gasteiger partial charge in [-0.05, 0) is 42.7 Å². The Hall–Kier alpha value is -1.08. The topological polar surface area (TPSA) is 3.24 Å². The van der Waals surface area contributed by atoms with Crippen LogP contribution in [-0.4, -0.2) is 24.5 Å². The van der Waals surface area contributed by atoms with Gasteiger partial charge >= 0.3 is 0 Å². The van der Waals surface area contributed by atoms with Crippen molar-refractivity contribution in [1.29, 1.82) is 0 Å². The zero-order chi connectivity index (χ0) is 12.0. The van der Waals surface area contributed by atoms with Gasteiger partial charge in [-0.3, -0.25) is 4.90 Å². The molecule has 88 valence electrons. The van der Waals surface area contributed by atoms with Crippen LogP contribution in [0.2, 0.25) is 0 Å². The molecule has 0 bridgehead atoms. The molecular weight excluding hydrogens is 194 g/mol. The quantitative estimate of drug-likeness (QED) is 0.613. The van der Waals surface area contributed by atoms with Crippen molar-refractivity contribution in [1.82, 2.24) is 4.90 Å². The second-order valence-electron chi connectivity index (χ2n) is 4.14. The van der Waals surface area contributed by atoms with E-state index in [1.165, 1.54) is 11.1 Å². The van der Waals surface area contributed by atoms with E-state index in [-0.39, 0.29) is 0 Å². The van der Waals surface area contributed by atoms with Gasteiger partial charge in [0.25, 0.3) is 0 Å². The van der Waals surface area contributed by atoms with Gasteiger partial charge in [0, 0.05) is 6.54 Å². The Kier molecular flexibility index (Phi) is 5.27. The van der Waals surface area contributed by atoms with Crippen LogP contribution < -0.4 is 0 Å². The summed E-state index contributed by atoms with van der Waals surface area (Å²) in [4.78, 5) is 2.43. The summed E-state index contributed by atoms with van der Waals surface area (Å²) in [5, 5.41) is 0. The summed E-state index contributed by atoms with van der Waals surface area (Å²) < 4.78 is 0. The van der Waals surface area contributed by atoms with Crippen LogP contribution in [0.1, 0.15) is 26.7 Å². The van der Waals surface area contributed by atoms with Crippen molar-refractivity contribution in [3.8, 4) is 0 Å². The number of hydrogen-bond acceptors (Lipinski definition) is 1. The maximum Gasteiger partial charge on any atom is 0.0236 e. The Morgan fingerprint density at radius 2 is 2.12 bits per heavy atom. The van der Waals surface area contributed by atoms with Crippen LogP contribution in [0, 0.1) is 0 Å². The molecule has 1 aliphatic rings. The molecule has 0 fully saturated rings. The molecule has 0 spiro atoms. The van der Waals surface area contributed by atoms with Crippen LogP contribution in [0.5, 0.6) is 0 Å². The molecule has 0 unspecified atom stereocenters. The molecule has 0 saturated heterocycles. The summed E-state index contributed by atoms with van der Waals surface area (Å²) in [5.74, 6) is 0. The lowest BCUT2D eigenvalue weighted by molar-refractivity contribution is 0.331. The van der Waals surface area contributed by atoms with Gasteiger partial charge < -0.3 is 0 Å². The van der Waals surface area contributed by atoms with E-state index in [1.54, 1.807) is 0 Å². The normalized spacial score (nSPS) is 15.7. The molecule has 16 heavy (non-hydrogen) atoms. The first-order chi connectivity index (χ1) is 7.72. The summed E-state index contributed by atoms with van der Waals surface area (Å²) in [5.41, 5.74) is 3.90. The molecule has 0 radical (unpaired) electrons. The second kappa shape index (κ2) is 6.49. The summed E-state index contributed by atoms with van der Waals surface area (Å²) in [6, 6.07) is 0. The van der Waals surface area contributed by atoms with Gasteiger partial charge in [-0.25, -0.2) is 0 Å². The lowest BCUT2D eigenvalue weighted by atomic mass is 9.92. The van der Waals surface area contributed by atoms with Gasteiger partial charge in [-0.2, -0.15) is 0 Å². The molecule has 0 heterocycles. The standard InChI is InChI=1S/C15H23N/c1-5-13(4)15-11-9-8-10-14(15)12-16(6-2)7-3/h5,8,10H,1,4,6-7,9,11-12H2,2-3H3. The Morgan fingerprint density at radius 1 is 1.44 bits per heavy atom. The predicted molar refractivity (Wildman–Crippen MR) is 72.5 cm³/mol. The van der Waals surface area contributed by atoms with Crippen LogP contribution in [0.4, 0.5) is 0 Å². The van der Waals surface area contributed by atoms with Gasteiger partial charge in [-0.1, -0.05) is 45.2 Å². The molecule has 0 N–H and O–H groups in total. The fourth-order valence-electron chi connectivity index (χ4n) is 2.04. The smallest absolute Gasteiger partial charge is 0.0236 e. The minimum Gasteiger partial charge on any atom is -0.300 e. The van der Waals surface area contributed by atoms with Crippen molar-refractivity contribution < 1.29 is 0 Å². The van der Waals surface area contributed by atoms with E-state index in [2.05, 4.69) is 44.1 Å². The molecule has 0 aromatic carbocycles. The van der Waals surface area contributed by atoms with Crippen LogP contribution in [-0.2, 0) is 0 Å². The number of allylic oxidation sites excluding steroid dienone is 4. The van der Waals surface area contributed by atoms with Crippen molar-refractivity contribution in [2.75, 3.05) is 19.6 Å². The van der Waals surface area contributed by atoms with E-state index in [1.807, 2.05) is 6.08 Å². The average Bonchev–Trinajstić information content (AvgIpc) is 2.35. The van der Waals surface area contributed by atoms with E-state index >= 15 is 0 Å². The predicted octanol–water partition coefficient (Wildman–Crippen LogP) is 3.72. The van der Waals surface area contributed by atoms with E-state index in [0.29, 0.717) is 0 Å². The molecule has 0 aromatic rings. The highest BCUT2D eigenvalue weighted by Gasteiger charge is 2.11. The number of hydrogen-bond donors (Lipinski definition) is 0. The molecule has 0 amide bonds. The maximum absolute atomic E-state index is 4.08. The molecule has 1 aliphatic carbocycles. The van der Waals surface area contributed by atoms with Crippen molar-refractivity contribution in [2.45, 2.75) is 26.7 Å². The largest absolute Gasteiger partial charge is 0.300 e. The first-order valence-electron chi connectivity index (χ1n) is 6.15. The summed E-state index contributed by atoms with van der Waals surface area (Å²) >= 11 is 0. The Balaban J connectivity index is 2.86. The number of likely N-dealkylation sites (N-methyl/N-ethyl adjacent to an activating group) is 1. The molecule has 0 aliphatic heterocycles. The van der Waals surface area contributed by atoms with Crippen LogP contribution in [0.3, 0.4) is 0 Å². The van der Waals surface area contributed by atoms with E-state index in [4.69, 9.17) is 0 Å². The van der Waals surface area contributed by atoms with E-state index in [0.717, 1.165) is 38.0 Å². The second-order valence-corrected chi connectivity index (χ2v) is 4.14. The zero-order valence-electron chi connectivity index (χ0n) is 10.6. The highest BCUT2D eigenvalue weighted by molar-refractivity contribution is 5.46. The van der Waals surface area contributed by atoms with Gasteiger partial charge in [0.15, 0.2) is 0 Å². The third-order valence-electron chi connectivity index (χ3n) is 3.19. The first kappa shape index (κ1) is 13.0. The molecule has 1 nitrogen and oxygen atoms in total. The third kappa shape index (κ3) is 3.21. The highest BCUT2D eigenvalue weighted by atomic mass is 15.1. The summed E-state index contributed by atoms with van der Waals surface area (Å²) in [6.45, 7) is 15.5. The molecular formula is C15H23N. The van der Waals surface area contributed by atoms with Crippen molar-refractivity contribution in [2.24, 2.45) is 0 Å². The SMILES string of the molecule is C=CC(=C)C1=C(CN(CC)CC)C=CCC1. The lowest BCUT2D eigenvalue weighted by Gasteiger charge is -2.23. The van der Waals surface area contributed by atoms with Crippen LogP contribution in [0.15, 0.2) is 48.1 Å². The minimum atomic E-state index is 1.03. The fraction of sp³-hybridized carbons (Fsp3) is 0.467. The number of rotatable bonds is 6. The molecule has 0 atom stereocenters. The molecule has 1 rings (SSSR count). The zero-order valence-corrected chi connectivity index (χ0v) is 10.6. The minimum absolute atomic E-state index is 1.03. The van der Waals surface area contributed by atoms with Gasteiger partial charge in [0.05, 0.1) is 0 Å². The summed E-state index contributed by atoms with van der Waals surface area (Å²) in [7, 11) is 0. The molecule has 1 heteroatoms. The van der Waals surface area contributed by atoms with Gasteiger partial charge in [0.2, 0.25) is 0 Å². The molecule has 0 aromatic heterocycles. The Bertz CT molecular complexity index is 316. The van der Waals surface area contributed by atoms with Crippen LogP contribution >= 0.6 is 0 Å². The van der Waals surface area contributed by atoms with Crippen molar-refractivity contribution in [3.63, 3.8) is 0 Å². The third-order valence-corrected chi connectivity index (χ3v) is 3.19. The van der Waals surface area contributed by atoms with Crippen molar-refractivity contribution in [3.05, 3.63) is 48.1 Å². The molecule has 0 saturated carbocycles. The lowest BCUT2D eigenvalue weighted by Crippen LogP contribution is -2.26.